The number of hydrogen-bond acceptors (Lipinski definition) is 0. The third kappa shape index (κ3) is 2.44. The van der Waals surface area contributed by atoms with Crippen molar-refractivity contribution in [1.29, 1.82) is 0 Å². The molecule has 2 fully saturated rings. The van der Waals surface area contributed by atoms with Crippen molar-refractivity contribution in [2.75, 3.05) is 19.6 Å². The number of piperidine rings is 1. The van der Waals surface area contributed by atoms with Crippen LogP contribution in [0.5, 0.6) is 0 Å². The molecule has 1 saturated heterocycles. The fourth-order valence-corrected chi connectivity index (χ4v) is 3.89. The topological polar surface area (TPSA) is 4.44 Å². The molecule has 1 nitrogen and oxygen atoms in total. The van der Waals surface area contributed by atoms with Crippen LogP contribution in [0.15, 0.2) is 24.3 Å². The van der Waals surface area contributed by atoms with E-state index in [-0.39, 0.29) is 0 Å². The standard InChI is InChI=1S/C16H22ClN/c17-15-7-4-6-14(12-15)16(8-5-9-16)13-18-10-2-1-3-11-18/h4,6-7,12H,1-3,5,8-11,13H2/p+1. The molecule has 1 aromatic carbocycles. The van der Waals surface area contributed by atoms with Gasteiger partial charge in [0.25, 0.3) is 0 Å². The summed E-state index contributed by atoms with van der Waals surface area (Å²) in [5.74, 6) is 0. The Kier molecular flexibility index (Phi) is 3.63. The smallest absolute Gasteiger partial charge is 0.0869 e. The molecule has 1 aliphatic heterocycles. The highest BCUT2D eigenvalue weighted by Crippen LogP contribution is 2.43. The molecule has 0 atom stereocenters. The average Bonchev–Trinajstić information content (AvgIpc) is 2.35. The molecule has 0 unspecified atom stereocenters. The van der Waals surface area contributed by atoms with Gasteiger partial charge < -0.3 is 4.90 Å². The zero-order chi connectivity index (χ0) is 12.4. The van der Waals surface area contributed by atoms with Crippen LogP contribution in [0.4, 0.5) is 0 Å². The summed E-state index contributed by atoms with van der Waals surface area (Å²) >= 11 is 6.17. The number of halogens is 1. The number of quaternary nitrogens is 1. The molecule has 1 saturated carbocycles. The van der Waals surface area contributed by atoms with Gasteiger partial charge in [0.1, 0.15) is 0 Å². The molecule has 3 rings (SSSR count). The molecule has 98 valence electrons. The number of benzene rings is 1. The van der Waals surface area contributed by atoms with Crippen molar-refractivity contribution < 1.29 is 4.90 Å². The number of rotatable bonds is 3. The summed E-state index contributed by atoms with van der Waals surface area (Å²) in [5.41, 5.74) is 1.93. The number of likely N-dealkylation sites (tertiary alicyclic amines) is 1. The second-order valence-corrected chi connectivity index (χ2v) is 6.57. The van der Waals surface area contributed by atoms with E-state index >= 15 is 0 Å². The average molecular weight is 265 g/mol. The third-order valence-electron chi connectivity index (χ3n) is 4.90. The summed E-state index contributed by atoms with van der Waals surface area (Å²) in [6.07, 6.45) is 8.38. The third-order valence-corrected chi connectivity index (χ3v) is 5.13. The summed E-state index contributed by atoms with van der Waals surface area (Å²) < 4.78 is 0. The SMILES string of the molecule is Clc1cccc(C2(C[NH+]3CCCCC3)CCC2)c1. The van der Waals surface area contributed by atoms with Crippen molar-refractivity contribution in [1.82, 2.24) is 0 Å². The van der Waals surface area contributed by atoms with Crippen molar-refractivity contribution in [3.8, 4) is 0 Å². The second kappa shape index (κ2) is 5.22. The van der Waals surface area contributed by atoms with Crippen molar-refractivity contribution in [2.24, 2.45) is 0 Å². The minimum atomic E-state index is 0.442. The predicted octanol–water partition coefficient (Wildman–Crippen LogP) is 2.83. The summed E-state index contributed by atoms with van der Waals surface area (Å²) in [7, 11) is 0. The Morgan fingerprint density at radius 3 is 2.44 bits per heavy atom. The van der Waals surface area contributed by atoms with E-state index in [4.69, 9.17) is 11.6 Å². The molecule has 1 aromatic rings. The maximum absolute atomic E-state index is 6.17. The molecule has 0 aromatic heterocycles. The molecule has 0 spiro atoms. The lowest BCUT2D eigenvalue weighted by Gasteiger charge is -2.44. The Labute approximate surface area is 115 Å². The molecule has 1 heterocycles. The monoisotopic (exact) mass is 264 g/mol. The van der Waals surface area contributed by atoms with Crippen LogP contribution in [-0.2, 0) is 5.41 Å². The first-order valence-corrected chi connectivity index (χ1v) is 7.76. The van der Waals surface area contributed by atoms with E-state index in [0.717, 1.165) is 5.02 Å². The van der Waals surface area contributed by atoms with Gasteiger partial charge in [0, 0.05) is 10.4 Å². The maximum Gasteiger partial charge on any atom is 0.0869 e. The van der Waals surface area contributed by atoms with Crippen molar-refractivity contribution in [3.63, 3.8) is 0 Å². The quantitative estimate of drug-likeness (QED) is 0.856. The molecule has 18 heavy (non-hydrogen) atoms. The zero-order valence-corrected chi connectivity index (χ0v) is 11.8. The summed E-state index contributed by atoms with van der Waals surface area (Å²) in [6, 6.07) is 8.59. The van der Waals surface area contributed by atoms with Crippen molar-refractivity contribution in [2.45, 2.75) is 43.9 Å². The van der Waals surface area contributed by atoms with Gasteiger partial charge in [-0.2, -0.15) is 0 Å². The Bertz CT molecular complexity index is 405. The van der Waals surface area contributed by atoms with E-state index in [9.17, 15) is 0 Å². The lowest BCUT2D eigenvalue weighted by atomic mass is 9.64. The highest BCUT2D eigenvalue weighted by atomic mass is 35.5. The normalized spacial score (nSPS) is 23.6. The summed E-state index contributed by atoms with van der Waals surface area (Å²) in [6.45, 7) is 4.08. The van der Waals surface area contributed by atoms with Crippen LogP contribution < -0.4 is 4.90 Å². The Balaban J connectivity index is 1.77. The molecule has 1 aliphatic carbocycles. The minimum Gasteiger partial charge on any atom is -0.334 e. The van der Waals surface area contributed by atoms with Gasteiger partial charge in [-0.1, -0.05) is 30.2 Å². The molecule has 0 bridgehead atoms. The van der Waals surface area contributed by atoms with Gasteiger partial charge in [0.2, 0.25) is 0 Å². The van der Waals surface area contributed by atoms with Crippen molar-refractivity contribution >= 4 is 11.6 Å². The number of hydrogen-bond donors (Lipinski definition) is 1. The van der Waals surface area contributed by atoms with Gasteiger partial charge in [-0.15, -0.1) is 0 Å². The molecule has 0 radical (unpaired) electrons. The number of nitrogens with one attached hydrogen (secondary N) is 1. The Hall–Kier alpha value is -0.530. The molecular formula is C16H23ClN+. The Morgan fingerprint density at radius 2 is 1.83 bits per heavy atom. The van der Waals surface area contributed by atoms with Gasteiger partial charge in [-0.05, 0) is 49.8 Å². The second-order valence-electron chi connectivity index (χ2n) is 6.13. The minimum absolute atomic E-state index is 0.442. The highest BCUT2D eigenvalue weighted by molar-refractivity contribution is 6.30. The van der Waals surface area contributed by atoms with E-state index < -0.39 is 0 Å². The molecule has 1 N–H and O–H groups in total. The highest BCUT2D eigenvalue weighted by Gasteiger charge is 2.42. The van der Waals surface area contributed by atoms with Crippen LogP contribution in [0.25, 0.3) is 0 Å². The lowest BCUT2D eigenvalue weighted by molar-refractivity contribution is -0.910. The van der Waals surface area contributed by atoms with Crippen LogP contribution in [0, 0.1) is 0 Å². The van der Waals surface area contributed by atoms with Crippen LogP contribution in [0.2, 0.25) is 5.02 Å². The largest absolute Gasteiger partial charge is 0.334 e. The lowest BCUT2D eigenvalue weighted by Crippen LogP contribution is -3.14. The first-order chi connectivity index (χ1) is 8.78. The fourth-order valence-electron chi connectivity index (χ4n) is 3.70. The van der Waals surface area contributed by atoms with Crippen molar-refractivity contribution in [3.05, 3.63) is 34.9 Å². The van der Waals surface area contributed by atoms with E-state index in [2.05, 4.69) is 18.2 Å². The van der Waals surface area contributed by atoms with E-state index in [0.29, 0.717) is 5.41 Å². The molecule has 2 heteroatoms. The molecule has 2 aliphatic rings. The van der Waals surface area contributed by atoms with Crippen LogP contribution in [-0.4, -0.2) is 19.6 Å². The van der Waals surface area contributed by atoms with E-state index in [1.165, 1.54) is 63.7 Å². The first-order valence-electron chi connectivity index (χ1n) is 7.38. The van der Waals surface area contributed by atoms with E-state index in [1.807, 2.05) is 11.0 Å². The van der Waals surface area contributed by atoms with Gasteiger partial charge in [-0.3, -0.25) is 0 Å². The predicted molar refractivity (Wildman–Crippen MR) is 76.4 cm³/mol. The van der Waals surface area contributed by atoms with E-state index in [1.54, 1.807) is 0 Å². The van der Waals surface area contributed by atoms with Crippen LogP contribution in [0.1, 0.15) is 44.1 Å². The Morgan fingerprint density at radius 1 is 1.06 bits per heavy atom. The van der Waals surface area contributed by atoms with Crippen LogP contribution >= 0.6 is 11.6 Å². The molecular weight excluding hydrogens is 242 g/mol. The van der Waals surface area contributed by atoms with Crippen LogP contribution in [0.3, 0.4) is 0 Å². The van der Waals surface area contributed by atoms with Gasteiger partial charge in [0.15, 0.2) is 0 Å². The molecule has 0 amide bonds. The maximum atomic E-state index is 6.17. The zero-order valence-electron chi connectivity index (χ0n) is 11.1. The van der Waals surface area contributed by atoms with Gasteiger partial charge >= 0.3 is 0 Å². The van der Waals surface area contributed by atoms with Gasteiger partial charge in [0.05, 0.1) is 19.6 Å². The summed E-state index contributed by atoms with van der Waals surface area (Å²) in [5, 5.41) is 0.896. The first kappa shape index (κ1) is 12.5. The summed E-state index contributed by atoms with van der Waals surface area (Å²) in [4.78, 5) is 1.82. The van der Waals surface area contributed by atoms with Gasteiger partial charge in [-0.25, -0.2) is 0 Å². The fraction of sp³-hybridized carbons (Fsp3) is 0.625.